The van der Waals surface area contributed by atoms with Crippen LogP contribution in [0.3, 0.4) is 0 Å². The van der Waals surface area contributed by atoms with Gasteiger partial charge in [-0.25, -0.2) is 0 Å². The number of benzene rings is 3. The highest BCUT2D eigenvalue weighted by Crippen LogP contribution is 2.24. The van der Waals surface area contributed by atoms with Gasteiger partial charge in [0.2, 0.25) is 0 Å². The average Bonchev–Trinajstić information content (AvgIpc) is 3.34. The molecule has 2 heterocycles. The maximum Gasteiger partial charge on any atom is 0.257 e. The zero-order valence-corrected chi connectivity index (χ0v) is 19.8. The van der Waals surface area contributed by atoms with Crippen LogP contribution in [0.5, 0.6) is 5.75 Å². The third-order valence-corrected chi connectivity index (χ3v) is 6.31. The van der Waals surface area contributed by atoms with Crippen molar-refractivity contribution in [1.29, 1.82) is 0 Å². The van der Waals surface area contributed by atoms with E-state index in [-0.39, 0.29) is 5.91 Å². The molecule has 178 valence electrons. The van der Waals surface area contributed by atoms with Gasteiger partial charge in [0.1, 0.15) is 18.1 Å². The maximum atomic E-state index is 13.6. The van der Waals surface area contributed by atoms with E-state index >= 15 is 0 Å². The van der Waals surface area contributed by atoms with Crippen molar-refractivity contribution in [2.45, 2.75) is 6.54 Å². The first-order chi connectivity index (χ1) is 17.3. The fourth-order valence-electron chi connectivity index (χ4n) is 4.39. The van der Waals surface area contributed by atoms with Crippen molar-refractivity contribution in [1.82, 2.24) is 19.6 Å². The number of carbonyl (C=O) groups is 1. The van der Waals surface area contributed by atoms with Gasteiger partial charge < -0.3 is 9.64 Å². The number of hydrogen-bond acceptors (Lipinski definition) is 4. The summed E-state index contributed by atoms with van der Waals surface area (Å²) in [5.74, 6) is 0.936. The predicted octanol–water partition coefficient (Wildman–Crippen LogP) is 4.44. The lowest BCUT2D eigenvalue weighted by Crippen LogP contribution is -2.49. The van der Waals surface area contributed by atoms with Crippen molar-refractivity contribution in [3.8, 4) is 17.0 Å². The van der Waals surface area contributed by atoms with Gasteiger partial charge in [0.05, 0.1) is 12.1 Å². The standard InChI is InChI=1S/C29H30N4O2/c34-29(32-18-16-31(17-19-32)20-21-35-26-14-8-3-9-15-26)27-23-33(22-24-10-4-1-5-11-24)30-28(27)25-12-6-2-7-13-25/h1-15,23H,16-22H2. The zero-order chi connectivity index (χ0) is 23.9. The molecular weight excluding hydrogens is 436 g/mol. The summed E-state index contributed by atoms with van der Waals surface area (Å²) in [6.45, 7) is 5.18. The molecule has 35 heavy (non-hydrogen) atoms. The van der Waals surface area contributed by atoms with E-state index in [4.69, 9.17) is 9.84 Å². The van der Waals surface area contributed by atoms with Crippen molar-refractivity contribution < 1.29 is 9.53 Å². The maximum absolute atomic E-state index is 13.6. The summed E-state index contributed by atoms with van der Waals surface area (Å²) in [5.41, 5.74) is 3.51. The molecule has 4 aromatic rings. The van der Waals surface area contributed by atoms with Crippen LogP contribution in [0.25, 0.3) is 11.3 Å². The topological polar surface area (TPSA) is 50.6 Å². The molecule has 1 saturated heterocycles. The molecule has 0 saturated carbocycles. The number of piperazine rings is 1. The van der Waals surface area contributed by atoms with Gasteiger partial charge in [0.25, 0.3) is 5.91 Å². The summed E-state index contributed by atoms with van der Waals surface area (Å²) in [6, 6.07) is 30.0. The number of hydrogen-bond donors (Lipinski definition) is 0. The van der Waals surface area contributed by atoms with E-state index < -0.39 is 0 Å². The molecule has 1 aromatic heterocycles. The highest BCUT2D eigenvalue weighted by Gasteiger charge is 2.26. The van der Waals surface area contributed by atoms with Crippen molar-refractivity contribution >= 4 is 5.91 Å². The summed E-state index contributed by atoms with van der Waals surface area (Å²) < 4.78 is 7.71. The van der Waals surface area contributed by atoms with Crippen molar-refractivity contribution in [2.75, 3.05) is 39.3 Å². The van der Waals surface area contributed by atoms with E-state index in [1.807, 2.05) is 94.6 Å². The quantitative estimate of drug-likeness (QED) is 0.385. The van der Waals surface area contributed by atoms with E-state index in [0.717, 1.165) is 42.2 Å². The van der Waals surface area contributed by atoms with Crippen molar-refractivity contribution in [3.63, 3.8) is 0 Å². The van der Waals surface area contributed by atoms with E-state index in [9.17, 15) is 4.79 Å². The lowest BCUT2D eigenvalue weighted by molar-refractivity contribution is 0.0621. The van der Waals surface area contributed by atoms with Crippen LogP contribution in [-0.4, -0.2) is 64.8 Å². The van der Waals surface area contributed by atoms with Gasteiger partial charge in [0, 0.05) is 44.5 Å². The molecule has 0 N–H and O–H groups in total. The third-order valence-electron chi connectivity index (χ3n) is 6.31. The molecule has 1 aliphatic heterocycles. The van der Waals surface area contributed by atoms with Crippen LogP contribution in [0.2, 0.25) is 0 Å². The predicted molar refractivity (Wildman–Crippen MR) is 137 cm³/mol. The fourth-order valence-corrected chi connectivity index (χ4v) is 4.39. The average molecular weight is 467 g/mol. The lowest BCUT2D eigenvalue weighted by atomic mass is 10.1. The Bertz CT molecular complexity index is 1220. The number of para-hydroxylation sites is 1. The Morgan fingerprint density at radius 1 is 0.800 bits per heavy atom. The highest BCUT2D eigenvalue weighted by molar-refractivity contribution is 5.99. The van der Waals surface area contributed by atoms with Crippen LogP contribution in [0.15, 0.2) is 97.2 Å². The van der Waals surface area contributed by atoms with Gasteiger partial charge in [-0.2, -0.15) is 5.10 Å². The van der Waals surface area contributed by atoms with Gasteiger partial charge >= 0.3 is 0 Å². The normalized spacial score (nSPS) is 14.1. The minimum atomic E-state index is 0.0448. The number of carbonyl (C=O) groups excluding carboxylic acids is 1. The van der Waals surface area contributed by atoms with Gasteiger partial charge in [-0.1, -0.05) is 78.9 Å². The van der Waals surface area contributed by atoms with Crippen molar-refractivity contribution in [3.05, 3.63) is 108 Å². The Hall–Kier alpha value is -3.90. The number of aromatic nitrogens is 2. The first-order valence-corrected chi connectivity index (χ1v) is 12.1. The molecule has 1 fully saturated rings. The van der Waals surface area contributed by atoms with E-state index in [1.54, 1.807) is 0 Å². The molecule has 1 aliphatic rings. The molecule has 0 aliphatic carbocycles. The zero-order valence-electron chi connectivity index (χ0n) is 19.8. The van der Waals surface area contributed by atoms with Gasteiger partial charge in [-0.3, -0.25) is 14.4 Å². The van der Waals surface area contributed by atoms with E-state index in [2.05, 4.69) is 17.0 Å². The minimum Gasteiger partial charge on any atom is -0.492 e. The third kappa shape index (κ3) is 5.78. The van der Waals surface area contributed by atoms with Gasteiger partial charge in [-0.15, -0.1) is 0 Å². The monoisotopic (exact) mass is 466 g/mol. The molecule has 5 rings (SSSR count). The van der Waals surface area contributed by atoms with Gasteiger partial charge in [-0.05, 0) is 17.7 Å². The first kappa shape index (κ1) is 22.9. The van der Waals surface area contributed by atoms with Crippen LogP contribution >= 0.6 is 0 Å². The molecule has 6 heteroatoms. The number of amides is 1. The fraction of sp³-hybridized carbons (Fsp3) is 0.241. The molecular formula is C29H30N4O2. The molecule has 1 amide bonds. The van der Waals surface area contributed by atoms with E-state index in [1.165, 1.54) is 0 Å². The van der Waals surface area contributed by atoms with E-state index in [0.29, 0.717) is 31.8 Å². The summed E-state index contributed by atoms with van der Waals surface area (Å²) >= 11 is 0. The lowest BCUT2D eigenvalue weighted by Gasteiger charge is -2.34. The number of rotatable bonds is 8. The summed E-state index contributed by atoms with van der Waals surface area (Å²) in [5, 5.41) is 4.82. The Kier molecular flexibility index (Phi) is 7.20. The smallest absolute Gasteiger partial charge is 0.257 e. The van der Waals surface area contributed by atoms with Crippen LogP contribution < -0.4 is 4.74 Å². The Labute approximate surface area is 206 Å². The molecule has 6 nitrogen and oxygen atoms in total. The SMILES string of the molecule is O=C(c1cn(Cc2ccccc2)nc1-c1ccccc1)N1CCN(CCOc2ccccc2)CC1. The summed E-state index contributed by atoms with van der Waals surface area (Å²) in [6.07, 6.45) is 1.90. The van der Waals surface area contributed by atoms with Gasteiger partial charge in [0.15, 0.2) is 0 Å². The molecule has 0 radical (unpaired) electrons. The first-order valence-electron chi connectivity index (χ1n) is 12.1. The highest BCUT2D eigenvalue weighted by atomic mass is 16.5. The van der Waals surface area contributed by atoms with Crippen LogP contribution in [0, 0.1) is 0 Å². The van der Waals surface area contributed by atoms with Crippen LogP contribution in [-0.2, 0) is 6.54 Å². The number of ether oxygens (including phenoxy) is 1. The van der Waals surface area contributed by atoms with Crippen LogP contribution in [0.1, 0.15) is 15.9 Å². The molecule has 0 unspecified atom stereocenters. The van der Waals surface area contributed by atoms with Crippen LogP contribution in [0.4, 0.5) is 0 Å². The molecule has 0 bridgehead atoms. The Morgan fingerprint density at radius 2 is 1.43 bits per heavy atom. The second kappa shape index (κ2) is 11.0. The molecule has 0 atom stereocenters. The Balaban J connectivity index is 1.24. The summed E-state index contributed by atoms with van der Waals surface area (Å²) in [7, 11) is 0. The number of nitrogens with zero attached hydrogens (tertiary/aromatic N) is 4. The summed E-state index contributed by atoms with van der Waals surface area (Å²) in [4.78, 5) is 17.9. The molecule has 0 spiro atoms. The van der Waals surface area contributed by atoms with Crippen molar-refractivity contribution in [2.24, 2.45) is 0 Å². The second-order valence-corrected chi connectivity index (χ2v) is 8.74. The Morgan fingerprint density at radius 3 is 2.11 bits per heavy atom. The second-order valence-electron chi connectivity index (χ2n) is 8.74. The largest absolute Gasteiger partial charge is 0.492 e. The minimum absolute atomic E-state index is 0.0448. The molecule has 3 aromatic carbocycles.